The Morgan fingerprint density at radius 3 is 2.53 bits per heavy atom. The summed E-state index contributed by atoms with van der Waals surface area (Å²) in [4.78, 5) is 12.1. The predicted molar refractivity (Wildman–Crippen MR) is 75.2 cm³/mol. The number of Topliss-reactive ketones (excluding diaryl/α,β-unsaturated/α-hetero) is 1. The first-order valence-corrected chi connectivity index (χ1v) is 6.93. The number of aryl methyl sites for hydroxylation is 2. The van der Waals surface area contributed by atoms with Crippen LogP contribution in [-0.4, -0.2) is 16.0 Å². The van der Waals surface area contributed by atoms with E-state index in [1.807, 2.05) is 13.8 Å². The lowest BCUT2D eigenvalue weighted by molar-refractivity contribution is -0.121. The van der Waals surface area contributed by atoms with Crippen LogP contribution in [0.5, 0.6) is 0 Å². The number of hydrogen-bond acceptors (Lipinski definition) is 3. The molecule has 1 aromatic heterocycles. The number of hydrogen-bond donors (Lipinski definition) is 0. The molecule has 1 aromatic carbocycles. The SMILES string of the molecule is Cc1nnc(C)c2cc(C3CCCCC3=O)ccc12. The molecule has 2 aromatic rings. The minimum atomic E-state index is 0.0889. The van der Waals surface area contributed by atoms with Crippen molar-refractivity contribution >= 4 is 16.6 Å². The topological polar surface area (TPSA) is 42.9 Å². The van der Waals surface area contributed by atoms with Crippen LogP contribution >= 0.6 is 0 Å². The average Bonchev–Trinajstić information content (AvgIpc) is 2.43. The molecular formula is C16H18N2O. The third-order valence-electron chi connectivity index (χ3n) is 4.13. The second kappa shape index (κ2) is 4.72. The molecular weight excluding hydrogens is 236 g/mol. The number of carbonyl (C=O) groups excluding carboxylic acids is 1. The van der Waals surface area contributed by atoms with Gasteiger partial charge >= 0.3 is 0 Å². The van der Waals surface area contributed by atoms with Gasteiger partial charge in [-0.3, -0.25) is 4.79 Å². The molecule has 1 fully saturated rings. The van der Waals surface area contributed by atoms with Crippen LogP contribution in [0.4, 0.5) is 0 Å². The van der Waals surface area contributed by atoms with E-state index < -0.39 is 0 Å². The second-order valence-electron chi connectivity index (χ2n) is 5.44. The number of ketones is 1. The van der Waals surface area contributed by atoms with Crippen molar-refractivity contribution in [3.05, 3.63) is 35.2 Å². The third kappa shape index (κ3) is 2.14. The summed E-state index contributed by atoms with van der Waals surface area (Å²) < 4.78 is 0. The molecule has 1 atom stereocenters. The van der Waals surface area contributed by atoms with Gasteiger partial charge in [-0.25, -0.2) is 0 Å². The Bertz CT molecular complexity index is 648. The van der Waals surface area contributed by atoms with Gasteiger partial charge in [0.25, 0.3) is 0 Å². The Labute approximate surface area is 113 Å². The van der Waals surface area contributed by atoms with E-state index in [-0.39, 0.29) is 5.92 Å². The molecule has 3 rings (SSSR count). The average molecular weight is 254 g/mol. The Morgan fingerprint density at radius 2 is 1.79 bits per heavy atom. The van der Waals surface area contributed by atoms with E-state index in [9.17, 15) is 4.79 Å². The summed E-state index contributed by atoms with van der Waals surface area (Å²) in [5.74, 6) is 0.480. The number of benzene rings is 1. The van der Waals surface area contributed by atoms with E-state index in [1.165, 1.54) is 0 Å². The Balaban J connectivity index is 2.11. The molecule has 98 valence electrons. The van der Waals surface area contributed by atoms with Gasteiger partial charge in [0.2, 0.25) is 0 Å². The lowest BCUT2D eigenvalue weighted by atomic mass is 9.82. The number of aromatic nitrogens is 2. The van der Waals surface area contributed by atoms with E-state index in [0.29, 0.717) is 5.78 Å². The smallest absolute Gasteiger partial charge is 0.140 e. The van der Waals surface area contributed by atoms with Crippen molar-refractivity contribution in [1.29, 1.82) is 0 Å². The molecule has 0 saturated heterocycles. The second-order valence-corrected chi connectivity index (χ2v) is 5.44. The maximum Gasteiger partial charge on any atom is 0.140 e. The Kier molecular flexibility index (Phi) is 3.05. The van der Waals surface area contributed by atoms with Gasteiger partial charge in [0.05, 0.1) is 11.4 Å². The van der Waals surface area contributed by atoms with Crippen LogP contribution in [0.3, 0.4) is 0 Å². The number of rotatable bonds is 1. The number of carbonyl (C=O) groups is 1. The van der Waals surface area contributed by atoms with E-state index in [2.05, 4.69) is 28.4 Å². The summed E-state index contributed by atoms with van der Waals surface area (Å²) in [7, 11) is 0. The minimum Gasteiger partial charge on any atom is -0.299 e. The quantitative estimate of drug-likeness (QED) is 0.782. The monoisotopic (exact) mass is 254 g/mol. The largest absolute Gasteiger partial charge is 0.299 e. The highest BCUT2D eigenvalue weighted by atomic mass is 16.1. The molecule has 0 bridgehead atoms. The highest BCUT2D eigenvalue weighted by molar-refractivity contribution is 5.90. The van der Waals surface area contributed by atoms with Crippen LogP contribution in [0, 0.1) is 13.8 Å². The van der Waals surface area contributed by atoms with Gasteiger partial charge in [0.15, 0.2) is 0 Å². The summed E-state index contributed by atoms with van der Waals surface area (Å²) in [6.07, 6.45) is 3.92. The lowest BCUT2D eigenvalue weighted by Gasteiger charge is -2.21. The van der Waals surface area contributed by atoms with Crippen LogP contribution in [0.1, 0.15) is 48.6 Å². The van der Waals surface area contributed by atoms with E-state index >= 15 is 0 Å². The van der Waals surface area contributed by atoms with Crippen LogP contribution in [0.15, 0.2) is 18.2 Å². The van der Waals surface area contributed by atoms with Gasteiger partial charge in [0.1, 0.15) is 5.78 Å². The van der Waals surface area contributed by atoms with Crippen LogP contribution in [0.2, 0.25) is 0 Å². The number of nitrogens with zero attached hydrogens (tertiary/aromatic N) is 2. The summed E-state index contributed by atoms with van der Waals surface area (Å²) >= 11 is 0. The molecule has 1 aliphatic carbocycles. The normalized spacial score (nSPS) is 19.9. The molecule has 1 unspecified atom stereocenters. The molecule has 1 heterocycles. The fourth-order valence-corrected chi connectivity index (χ4v) is 2.99. The van der Waals surface area contributed by atoms with Crippen molar-refractivity contribution < 1.29 is 4.79 Å². The summed E-state index contributed by atoms with van der Waals surface area (Å²) in [5.41, 5.74) is 3.03. The first-order valence-electron chi connectivity index (χ1n) is 6.93. The first-order chi connectivity index (χ1) is 9.16. The van der Waals surface area contributed by atoms with Gasteiger partial charge in [-0.15, -0.1) is 0 Å². The Morgan fingerprint density at radius 1 is 1.05 bits per heavy atom. The van der Waals surface area contributed by atoms with Crippen molar-refractivity contribution in [2.75, 3.05) is 0 Å². The summed E-state index contributed by atoms with van der Waals surface area (Å²) in [6.45, 7) is 3.95. The Hall–Kier alpha value is -1.77. The first kappa shape index (κ1) is 12.3. The van der Waals surface area contributed by atoms with Gasteiger partial charge < -0.3 is 0 Å². The van der Waals surface area contributed by atoms with Gasteiger partial charge in [-0.1, -0.05) is 18.6 Å². The highest BCUT2D eigenvalue weighted by Gasteiger charge is 2.24. The van der Waals surface area contributed by atoms with E-state index in [4.69, 9.17) is 0 Å². The molecule has 19 heavy (non-hydrogen) atoms. The standard InChI is InChI=1S/C16H18N2O/c1-10-13-8-7-12(9-15(13)11(2)18-17-10)14-5-3-4-6-16(14)19/h7-9,14H,3-6H2,1-2H3. The predicted octanol–water partition coefficient (Wildman–Crippen LogP) is 3.47. The molecule has 0 amide bonds. The minimum absolute atomic E-state index is 0.0889. The van der Waals surface area contributed by atoms with Crippen molar-refractivity contribution in [2.45, 2.75) is 45.4 Å². The van der Waals surface area contributed by atoms with Crippen molar-refractivity contribution in [1.82, 2.24) is 10.2 Å². The zero-order chi connectivity index (χ0) is 13.4. The van der Waals surface area contributed by atoms with Crippen molar-refractivity contribution in [3.63, 3.8) is 0 Å². The molecule has 0 aliphatic heterocycles. The molecule has 1 aliphatic rings. The lowest BCUT2D eigenvalue weighted by Crippen LogP contribution is -2.17. The fraction of sp³-hybridized carbons (Fsp3) is 0.438. The van der Waals surface area contributed by atoms with Gasteiger partial charge in [0, 0.05) is 23.1 Å². The molecule has 0 N–H and O–H groups in total. The maximum atomic E-state index is 12.1. The fourth-order valence-electron chi connectivity index (χ4n) is 2.99. The van der Waals surface area contributed by atoms with Crippen molar-refractivity contribution in [2.24, 2.45) is 0 Å². The zero-order valence-electron chi connectivity index (χ0n) is 11.4. The van der Waals surface area contributed by atoms with Gasteiger partial charge in [-0.05, 0) is 38.3 Å². The third-order valence-corrected chi connectivity index (χ3v) is 4.13. The molecule has 0 spiro atoms. The van der Waals surface area contributed by atoms with Crippen LogP contribution < -0.4 is 0 Å². The molecule has 3 heteroatoms. The van der Waals surface area contributed by atoms with E-state index in [0.717, 1.165) is 53.4 Å². The molecule has 1 saturated carbocycles. The molecule has 0 radical (unpaired) electrons. The van der Waals surface area contributed by atoms with Crippen molar-refractivity contribution in [3.8, 4) is 0 Å². The number of fused-ring (bicyclic) bond motifs is 1. The maximum absolute atomic E-state index is 12.1. The highest BCUT2D eigenvalue weighted by Crippen LogP contribution is 2.32. The van der Waals surface area contributed by atoms with Crippen LogP contribution in [-0.2, 0) is 4.79 Å². The summed E-state index contributed by atoms with van der Waals surface area (Å²) in [5, 5.41) is 10.6. The van der Waals surface area contributed by atoms with Crippen LogP contribution in [0.25, 0.3) is 10.8 Å². The summed E-state index contributed by atoms with van der Waals surface area (Å²) in [6, 6.07) is 6.31. The van der Waals surface area contributed by atoms with Gasteiger partial charge in [-0.2, -0.15) is 10.2 Å². The zero-order valence-corrected chi connectivity index (χ0v) is 11.4. The molecule has 3 nitrogen and oxygen atoms in total. The van der Waals surface area contributed by atoms with E-state index in [1.54, 1.807) is 0 Å².